The van der Waals surface area contributed by atoms with Crippen LogP contribution in [0.4, 0.5) is 17.6 Å². The third kappa shape index (κ3) is 17.1. The van der Waals surface area contributed by atoms with Crippen LogP contribution in [-0.2, 0) is 31.3 Å². The van der Waals surface area contributed by atoms with Crippen LogP contribution in [0.15, 0.2) is 60.7 Å². The first-order valence-corrected chi connectivity index (χ1v) is 11.9. The number of hydrogen-bond acceptors (Lipinski definition) is 4. The van der Waals surface area contributed by atoms with Crippen molar-refractivity contribution in [2.45, 2.75) is 52.4 Å². The number of hydrogen-bond donors (Lipinski definition) is 0. The second kappa shape index (κ2) is 21.7. The summed E-state index contributed by atoms with van der Waals surface area (Å²) < 4.78 is 59.8. The van der Waals surface area contributed by atoms with Crippen molar-refractivity contribution >= 4 is 11.9 Å². The van der Waals surface area contributed by atoms with Gasteiger partial charge >= 0.3 is 21.7 Å². The van der Waals surface area contributed by atoms with Gasteiger partial charge in [-0.2, -0.15) is 12.2 Å². The topological polar surface area (TPSA) is 52.6 Å². The van der Waals surface area contributed by atoms with E-state index < -0.39 is 35.2 Å². The zero-order valence-corrected chi connectivity index (χ0v) is 23.2. The van der Waals surface area contributed by atoms with Crippen LogP contribution in [0, 0.1) is 47.6 Å². The van der Waals surface area contributed by atoms with Gasteiger partial charge in [-0.25, -0.2) is 41.9 Å². The Morgan fingerprint density at radius 1 is 0.718 bits per heavy atom. The van der Waals surface area contributed by atoms with Crippen LogP contribution in [0.5, 0.6) is 11.5 Å². The Kier molecular flexibility index (Phi) is 19.9. The maximum absolute atomic E-state index is 12.9. The molecule has 0 spiro atoms. The molecular weight excluding hydrogens is 548 g/mol. The first-order chi connectivity index (χ1) is 18.3. The summed E-state index contributed by atoms with van der Waals surface area (Å²) in [7, 11) is 0. The van der Waals surface area contributed by atoms with Crippen LogP contribution in [0.3, 0.4) is 0 Å². The third-order valence-electron chi connectivity index (χ3n) is 4.18. The second-order valence-electron chi connectivity index (χ2n) is 7.42. The maximum atomic E-state index is 12.9. The molecule has 2 aromatic rings. The van der Waals surface area contributed by atoms with Gasteiger partial charge in [-0.1, -0.05) is 13.8 Å². The molecule has 9 heteroatoms. The fourth-order valence-corrected chi connectivity index (χ4v) is 2.45. The molecule has 0 fully saturated rings. The van der Waals surface area contributed by atoms with Gasteiger partial charge in [0.2, 0.25) is 0 Å². The standard InChI is InChI=1S/2C10H9F2O2.2C5H5.Ti/c2*1-2-3-10(13)14-9-5-4-7(11)6-8(9)12;2*1-2-4-5-3-1;/h2*4-5H,2-3H2,1H3;2*1-3H,4H2;/q4*-1;+4. The van der Waals surface area contributed by atoms with Gasteiger partial charge in [0, 0.05) is 24.5 Å². The van der Waals surface area contributed by atoms with Gasteiger partial charge in [-0.15, -0.1) is 49.2 Å². The molecule has 204 valence electrons. The summed E-state index contributed by atoms with van der Waals surface area (Å²) >= 11 is 0. The predicted octanol–water partition coefficient (Wildman–Crippen LogP) is 7.55. The normalized spacial score (nSPS) is 11.6. The average Bonchev–Trinajstić information content (AvgIpc) is 3.63. The average molecular weight is 576 g/mol. The van der Waals surface area contributed by atoms with Crippen molar-refractivity contribution in [3.8, 4) is 11.5 Å². The SMILES string of the molecule is CCCC(=O)Oc1ccc(F)[c-]c1F.CCCC(=O)Oc1ccc(F)[c-]c1F.[C-]1=CC=CC1.[C-]1=CC=CC1.[Ti+4]. The van der Waals surface area contributed by atoms with Gasteiger partial charge in [-0.05, 0) is 12.8 Å². The molecular formula is C30H28F4O4Ti. The van der Waals surface area contributed by atoms with Gasteiger partial charge in [0.15, 0.2) is 0 Å². The van der Waals surface area contributed by atoms with Gasteiger partial charge in [0.05, 0.1) is 23.1 Å². The van der Waals surface area contributed by atoms with Gasteiger partial charge in [-0.3, -0.25) is 21.7 Å². The smallest absolute Gasteiger partial charge is 0.488 e. The zero-order chi connectivity index (χ0) is 28.2. The number of ether oxygens (including phenoxy) is 2. The van der Waals surface area contributed by atoms with Gasteiger partial charge in [0.25, 0.3) is 11.9 Å². The molecule has 0 heterocycles. The molecule has 39 heavy (non-hydrogen) atoms. The number of rotatable bonds is 6. The third-order valence-corrected chi connectivity index (χ3v) is 4.18. The van der Waals surface area contributed by atoms with E-state index >= 15 is 0 Å². The largest absolute Gasteiger partial charge is 4.00 e. The number of carbonyl (C=O) groups excluding carboxylic acids is 2. The van der Waals surface area contributed by atoms with E-state index in [-0.39, 0.29) is 46.1 Å². The van der Waals surface area contributed by atoms with Crippen LogP contribution in [0.2, 0.25) is 0 Å². The molecule has 0 amide bonds. The van der Waals surface area contributed by atoms with E-state index in [2.05, 4.69) is 33.8 Å². The monoisotopic (exact) mass is 576 g/mol. The molecule has 0 bridgehead atoms. The van der Waals surface area contributed by atoms with Crippen molar-refractivity contribution in [1.82, 2.24) is 0 Å². The first-order valence-electron chi connectivity index (χ1n) is 11.9. The van der Waals surface area contributed by atoms with Crippen molar-refractivity contribution in [2.24, 2.45) is 0 Å². The Balaban J connectivity index is 0.000000537. The summed E-state index contributed by atoms with van der Waals surface area (Å²) in [6.45, 7) is 3.60. The quantitative estimate of drug-likeness (QED) is 0.117. The summed E-state index contributed by atoms with van der Waals surface area (Å²) in [5.74, 6) is -5.27. The van der Waals surface area contributed by atoms with E-state index in [0.29, 0.717) is 12.8 Å². The molecule has 0 aliphatic heterocycles. The minimum absolute atomic E-state index is 0. The molecule has 4 rings (SSSR count). The van der Waals surface area contributed by atoms with Crippen LogP contribution in [0.25, 0.3) is 0 Å². The zero-order valence-electron chi connectivity index (χ0n) is 21.7. The molecule has 0 saturated heterocycles. The Morgan fingerprint density at radius 3 is 1.33 bits per heavy atom. The minimum atomic E-state index is -0.991. The summed E-state index contributed by atoms with van der Waals surface area (Å²) in [6.07, 6.45) is 21.6. The molecule has 2 aromatic carbocycles. The molecule has 0 N–H and O–H groups in total. The van der Waals surface area contributed by atoms with Crippen molar-refractivity contribution in [3.05, 3.63) is 108 Å². The Hall–Kier alpha value is -3.23. The molecule has 0 aromatic heterocycles. The fourth-order valence-electron chi connectivity index (χ4n) is 2.45. The molecule has 4 nitrogen and oxygen atoms in total. The number of halogens is 4. The van der Waals surface area contributed by atoms with Gasteiger partial charge < -0.3 is 9.47 Å². The van der Waals surface area contributed by atoms with E-state index in [0.717, 1.165) is 37.1 Å². The van der Waals surface area contributed by atoms with E-state index in [4.69, 9.17) is 0 Å². The Labute approximate surface area is 242 Å². The second-order valence-corrected chi connectivity index (χ2v) is 7.42. The fraction of sp³-hybridized carbons (Fsp3) is 0.267. The Morgan fingerprint density at radius 2 is 1.10 bits per heavy atom. The summed E-state index contributed by atoms with van der Waals surface area (Å²) in [4.78, 5) is 21.9. The van der Waals surface area contributed by atoms with E-state index in [1.54, 1.807) is 26.0 Å². The molecule has 2 aliphatic carbocycles. The van der Waals surface area contributed by atoms with Crippen LogP contribution in [0.1, 0.15) is 52.4 Å². The Bertz CT molecular complexity index is 1030. The van der Waals surface area contributed by atoms with Crippen molar-refractivity contribution in [1.29, 1.82) is 0 Å². The van der Waals surface area contributed by atoms with E-state index in [9.17, 15) is 27.2 Å². The molecule has 0 radical (unpaired) electrons. The maximum Gasteiger partial charge on any atom is 4.00 e. The molecule has 0 saturated carbocycles. The summed E-state index contributed by atoms with van der Waals surface area (Å²) in [5.41, 5.74) is 0. The van der Waals surface area contributed by atoms with Crippen molar-refractivity contribution in [2.75, 3.05) is 0 Å². The van der Waals surface area contributed by atoms with Crippen LogP contribution in [-0.4, -0.2) is 11.9 Å². The molecule has 0 atom stereocenters. The van der Waals surface area contributed by atoms with Gasteiger partial charge in [0.1, 0.15) is 0 Å². The van der Waals surface area contributed by atoms with Crippen molar-refractivity contribution in [3.63, 3.8) is 0 Å². The number of esters is 2. The van der Waals surface area contributed by atoms with Crippen molar-refractivity contribution < 1.29 is 58.3 Å². The number of carbonyl (C=O) groups is 2. The first kappa shape index (κ1) is 35.8. The minimum Gasteiger partial charge on any atom is -0.488 e. The predicted molar refractivity (Wildman–Crippen MR) is 135 cm³/mol. The summed E-state index contributed by atoms with van der Waals surface area (Å²) in [6, 6.07) is 7.65. The van der Waals surface area contributed by atoms with Crippen LogP contribution >= 0.6 is 0 Å². The number of benzene rings is 2. The molecule has 0 unspecified atom stereocenters. The number of allylic oxidation sites excluding steroid dienone is 8. The van der Waals surface area contributed by atoms with E-state index in [1.165, 1.54) is 0 Å². The summed E-state index contributed by atoms with van der Waals surface area (Å²) in [5, 5.41) is 0. The van der Waals surface area contributed by atoms with Crippen LogP contribution < -0.4 is 9.47 Å². The van der Waals surface area contributed by atoms with E-state index in [1.807, 2.05) is 24.3 Å². The molecule has 2 aliphatic rings.